The van der Waals surface area contributed by atoms with E-state index < -0.39 is 6.04 Å². The minimum atomic E-state index is -0.409. The summed E-state index contributed by atoms with van der Waals surface area (Å²) in [6.07, 6.45) is 1.65. The van der Waals surface area contributed by atoms with Gasteiger partial charge in [-0.1, -0.05) is 60.2 Å². The van der Waals surface area contributed by atoms with Gasteiger partial charge in [0.1, 0.15) is 23.0 Å². The Balaban J connectivity index is 1.42. The molecule has 0 bridgehead atoms. The lowest BCUT2D eigenvalue weighted by Crippen LogP contribution is -2.50. The SMILES string of the molecule is Cc1ccc(-c2csc3ncnc(N4CCN(C(C(N)=O)c5ccccc5)CC4)c23)cc1. The van der Waals surface area contributed by atoms with Crippen molar-refractivity contribution in [3.63, 3.8) is 0 Å². The number of primary amides is 1. The van der Waals surface area contributed by atoms with Gasteiger partial charge in [0.15, 0.2) is 0 Å². The number of nitrogens with zero attached hydrogens (tertiary/aromatic N) is 4. The molecule has 5 rings (SSSR count). The highest BCUT2D eigenvalue weighted by Gasteiger charge is 2.30. The minimum Gasteiger partial charge on any atom is -0.368 e. The van der Waals surface area contributed by atoms with Crippen LogP contribution in [0.4, 0.5) is 5.82 Å². The normalized spacial score (nSPS) is 15.7. The average molecular weight is 444 g/mol. The van der Waals surface area contributed by atoms with Crippen molar-refractivity contribution in [2.45, 2.75) is 13.0 Å². The molecule has 0 radical (unpaired) electrons. The molecular weight excluding hydrogens is 418 g/mol. The number of aromatic nitrogens is 2. The Kier molecular flexibility index (Phi) is 5.59. The van der Waals surface area contributed by atoms with Gasteiger partial charge in [-0.3, -0.25) is 9.69 Å². The molecule has 0 spiro atoms. The third-order valence-electron chi connectivity index (χ3n) is 6.08. The monoisotopic (exact) mass is 443 g/mol. The molecule has 1 unspecified atom stereocenters. The van der Waals surface area contributed by atoms with E-state index in [2.05, 4.69) is 56.3 Å². The van der Waals surface area contributed by atoms with Gasteiger partial charge in [-0.2, -0.15) is 0 Å². The molecule has 1 aliphatic heterocycles. The largest absolute Gasteiger partial charge is 0.368 e. The highest BCUT2D eigenvalue weighted by Crippen LogP contribution is 2.38. The second kappa shape index (κ2) is 8.68. The molecule has 1 fully saturated rings. The second-order valence-corrected chi connectivity index (χ2v) is 8.99. The zero-order valence-electron chi connectivity index (χ0n) is 17.9. The quantitative estimate of drug-likeness (QED) is 0.504. The van der Waals surface area contributed by atoms with Gasteiger partial charge in [0.25, 0.3) is 0 Å². The topological polar surface area (TPSA) is 75.3 Å². The van der Waals surface area contributed by atoms with E-state index in [1.165, 1.54) is 16.7 Å². The number of piperazine rings is 1. The lowest BCUT2D eigenvalue weighted by Gasteiger charge is -2.39. The van der Waals surface area contributed by atoms with Crippen molar-refractivity contribution < 1.29 is 4.79 Å². The number of benzene rings is 2. The summed E-state index contributed by atoms with van der Waals surface area (Å²) >= 11 is 1.65. The molecule has 0 aliphatic carbocycles. The fourth-order valence-electron chi connectivity index (χ4n) is 4.43. The standard InChI is InChI=1S/C25H25N5OS/c1-17-7-9-18(10-8-17)20-15-32-25-21(20)24(27-16-28-25)30-13-11-29(12-14-30)22(23(26)31)19-5-3-2-4-6-19/h2-10,15-16,22H,11-14H2,1H3,(H2,26,31). The predicted octanol–water partition coefficient (Wildman–Crippen LogP) is 4.02. The van der Waals surface area contributed by atoms with Gasteiger partial charge in [0.05, 0.1) is 5.39 Å². The minimum absolute atomic E-state index is 0.312. The third-order valence-corrected chi connectivity index (χ3v) is 6.96. The lowest BCUT2D eigenvalue weighted by atomic mass is 10.0. The van der Waals surface area contributed by atoms with Crippen molar-refractivity contribution in [2.24, 2.45) is 5.73 Å². The number of amides is 1. The molecule has 1 aliphatic rings. The van der Waals surface area contributed by atoms with Gasteiger partial charge in [-0.15, -0.1) is 11.3 Å². The average Bonchev–Trinajstić information content (AvgIpc) is 3.25. The molecule has 2 aromatic carbocycles. The molecule has 162 valence electrons. The number of carbonyl (C=O) groups is 1. The van der Waals surface area contributed by atoms with Crippen molar-refractivity contribution >= 4 is 33.3 Å². The lowest BCUT2D eigenvalue weighted by molar-refractivity contribution is -0.123. The Hall–Kier alpha value is -3.29. The van der Waals surface area contributed by atoms with Gasteiger partial charge in [0, 0.05) is 37.1 Å². The molecule has 3 heterocycles. The number of thiophene rings is 1. The van der Waals surface area contributed by atoms with Gasteiger partial charge in [0.2, 0.25) is 5.91 Å². The van der Waals surface area contributed by atoms with Crippen LogP contribution in [0.3, 0.4) is 0 Å². The molecule has 7 heteroatoms. The van der Waals surface area contributed by atoms with E-state index in [1.54, 1.807) is 17.7 Å². The van der Waals surface area contributed by atoms with Crippen molar-refractivity contribution in [2.75, 3.05) is 31.1 Å². The number of rotatable bonds is 5. The van der Waals surface area contributed by atoms with E-state index in [-0.39, 0.29) is 5.91 Å². The summed E-state index contributed by atoms with van der Waals surface area (Å²) in [6, 6.07) is 17.9. The maximum absolute atomic E-state index is 12.3. The van der Waals surface area contributed by atoms with Crippen LogP contribution in [0.15, 0.2) is 66.3 Å². The Labute approximate surface area is 191 Å². The maximum Gasteiger partial charge on any atom is 0.239 e. The van der Waals surface area contributed by atoms with Gasteiger partial charge in [-0.05, 0) is 18.1 Å². The van der Waals surface area contributed by atoms with Crippen LogP contribution in [0.2, 0.25) is 0 Å². The van der Waals surface area contributed by atoms with Gasteiger partial charge >= 0.3 is 0 Å². The van der Waals surface area contributed by atoms with E-state index in [0.29, 0.717) is 0 Å². The fourth-order valence-corrected chi connectivity index (χ4v) is 5.34. The molecular formula is C25H25N5OS. The van der Waals surface area contributed by atoms with Crippen LogP contribution in [-0.4, -0.2) is 47.0 Å². The van der Waals surface area contributed by atoms with Crippen molar-refractivity contribution in [3.05, 3.63) is 77.4 Å². The summed E-state index contributed by atoms with van der Waals surface area (Å²) in [5.74, 6) is 0.648. The van der Waals surface area contributed by atoms with Crippen LogP contribution in [0.25, 0.3) is 21.3 Å². The van der Waals surface area contributed by atoms with Crippen molar-refractivity contribution in [1.82, 2.24) is 14.9 Å². The fraction of sp³-hybridized carbons (Fsp3) is 0.240. The molecule has 2 aromatic heterocycles. The van der Waals surface area contributed by atoms with E-state index in [0.717, 1.165) is 47.8 Å². The van der Waals surface area contributed by atoms with E-state index >= 15 is 0 Å². The predicted molar refractivity (Wildman–Crippen MR) is 130 cm³/mol. The number of fused-ring (bicyclic) bond motifs is 1. The Morgan fingerprint density at radius 1 is 1.00 bits per heavy atom. The summed E-state index contributed by atoms with van der Waals surface area (Å²) in [7, 11) is 0. The highest BCUT2D eigenvalue weighted by atomic mass is 32.1. The number of hydrogen-bond acceptors (Lipinski definition) is 6. The Morgan fingerprint density at radius 2 is 1.72 bits per heavy atom. The van der Waals surface area contributed by atoms with Gasteiger partial charge in [-0.25, -0.2) is 9.97 Å². The van der Waals surface area contributed by atoms with Crippen LogP contribution >= 0.6 is 11.3 Å². The molecule has 1 saturated heterocycles. The van der Waals surface area contributed by atoms with Crippen LogP contribution in [0.1, 0.15) is 17.2 Å². The summed E-state index contributed by atoms with van der Waals surface area (Å²) in [6.45, 7) is 5.10. The highest BCUT2D eigenvalue weighted by molar-refractivity contribution is 7.17. The first-order chi connectivity index (χ1) is 15.6. The summed E-state index contributed by atoms with van der Waals surface area (Å²) < 4.78 is 0. The van der Waals surface area contributed by atoms with Crippen LogP contribution in [-0.2, 0) is 4.79 Å². The zero-order valence-corrected chi connectivity index (χ0v) is 18.8. The molecule has 1 amide bonds. The molecule has 0 saturated carbocycles. The molecule has 1 atom stereocenters. The maximum atomic E-state index is 12.3. The first kappa shape index (κ1) is 20.6. The smallest absolute Gasteiger partial charge is 0.239 e. The van der Waals surface area contributed by atoms with Crippen molar-refractivity contribution in [3.8, 4) is 11.1 Å². The van der Waals surface area contributed by atoms with Crippen LogP contribution in [0, 0.1) is 6.92 Å². The second-order valence-electron chi connectivity index (χ2n) is 8.13. The van der Waals surface area contributed by atoms with Crippen LogP contribution in [0.5, 0.6) is 0 Å². The summed E-state index contributed by atoms with van der Waals surface area (Å²) in [4.78, 5) is 26.9. The third kappa shape index (κ3) is 3.85. The first-order valence-electron chi connectivity index (χ1n) is 10.7. The van der Waals surface area contributed by atoms with E-state index in [1.807, 2.05) is 30.3 Å². The molecule has 6 nitrogen and oxygen atoms in total. The zero-order chi connectivity index (χ0) is 22.1. The van der Waals surface area contributed by atoms with Crippen LogP contribution < -0.4 is 10.6 Å². The number of aryl methyl sites for hydroxylation is 1. The van der Waals surface area contributed by atoms with Crippen molar-refractivity contribution in [1.29, 1.82) is 0 Å². The van der Waals surface area contributed by atoms with E-state index in [9.17, 15) is 4.79 Å². The Morgan fingerprint density at radius 3 is 2.41 bits per heavy atom. The number of nitrogens with two attached hydrogens (primary N) is 1. The summed E-state index contributed by atoms with van der Waals surface area (Å²) in [5, 5.41) is 3.27. The first-order valence-corrected chi connectivity index (χ1v) is 11.6. The molecule has 4 aromatic rings. The number of carbonyl (C=O) groups excluding carboxylic acids is 1. The summed E-state index contributed by atoms with van der Waals surface area (Å²) in [5.41, 5.74) is 10.3. The number of anilines is 1. The van der Waals surface area contributed by atoms with E-state index in [4.69, 9.17) is 5.73 Å². The molecule has 32 heavy (non-hydrogen) atoms. The van der Waals surface area contributed by atoms with Gasteiger partial charge < -0.3 is 10.6 Å². The molecule has 2 N–H and O–H groups in total. The number of hydrogen-bond donors (Lipinski definition) is 1. The Bertz CT molecular complexity index is 1230.